The summed E-state index contributed by atoms with van der Waals surface area (Å²) in [5.74, 6) is 1.34. The summed E-state index contributed by atoms with van der Waals surface area (Å²) in [4.78, 5) is 32.4. The van der Waals surface area contributed by atoms with Crippen molar-refractivity contribution in [3.63, 3.8) is 0 Å². The Balaban J connectivity index is 1.03. The number of likely N-dealkylation sites (tertiary alicyclic amines) is 1. The zero-order chi connectivity index (χ0) is 29.3. The molecule has 11 nitrogen and oxygen atoms in total. The molecule has 0 aliphatic carbocycles. The Labute approximate surface area is 244 Å². The topological polar surface area (TPSA) is 116 Å². The molecule has 0 bridgehead atoms. The van der Waals surface area contributed by atoms with Gasteiger partial charge >= 0.3 is 0 Å². The summed E-state index contributed by atoms with van der Waals surface area (Å²) < 4.78 is 14.6. The normalized spacial score (nSPS) is 16.5. The van der Waals surface area contributed by atoms with Crippen LogP contribution in [0.1, 0.15) is 53.0 Å². The van der Waals surface area contributed by atoms with Gasteiger partial charge in [-0.1, -0.05) is 6.07 Å². The highest BCUT2D eigenvalue weighted by molar-refractivity contribution is 5.96. The molecule has 4 aromatic rings. The monoisotopic (exact) mass is 571 g/mol. The number of hydrogen-bond acceptors (Lipinski definition) is 8. The van der Waals surface area contributed by atoms with Crippen molar-refractivity contribution in [3.05, 3.63) is 65.1 Å². The number of aromatic nitrogens is 5. The fraction of sp³-hybridized carbons (Fsp3) is 0.452. The van der Waals surface area contributed by atoms with Crippen LogP contribution in [-0.2, 0) is 23.0 Å². The van der Waals surface area contributed by atoms with Crippen molar-refractivity contribution in [1.29, 1.82) is 0 Å². The van der Waals surface area contributed by atoms with Crippen molar-refractivity contribution in [2.24, 2.45) is 12.5 Å². The standard InChI is InChI=1S/C31H37N7O4/c1-21-6-7-24(16-23(21)17-26(39)25-15-22(2)34-36(25)3)42-30-9-8-28-32-27(18-38(28)35-30)33-29(40)5-4-12-37-13-10-31(11-14-37)19-41-20-31/h6-9,15-16,18H,4-5,10-14,17,19-20H2,1-3H3,(H,33,40). The Hall–Kier alpha value is -4.09. The Morgan fingerprint density at radius 2 is 1.88 bits per heavy atom. The lowest BCUT2D eigenvalue weighted by molar-refractivity contribution is -0.139. The molecule has 0 saturated carbocycles. The first kappa shape index (κ1) is 28.0. The van der Waals surface area contributed by atoms with Crippen LogP contribution < -0.4 is 10.1 Å². The Kier molecular flexibility index (Phi) is 7.78. The highest BCUT2D eigenvalue weighted by atomic mass is 16.5. The molecule has 6 rings (SSSR count). The summed E-state index contributed by atoms with van der Waals surface area (Å²) in [7, 11) is 1.78. The average Bonchev–Trinajstić information content (AvgIpc) is 3.50. The predicted molar refractivity (Wildman–Crippen MR) is 157 cm³/mol. The van der Waals surface area contributed by atoms with Crippen molar-refractivity contribution >= 4 is 23.2 Å². The van der Waals surface area contributed by atoms with Gasteiger partial charge in [-0.15, -0.1) is 5.10 Å². The van der Waals surface area contributed by atoms with Crippen LogP contribution in [0.15, 0.2) is 42.6 Å². The number of ketones is 1. The molecule has 0 unspecified atom stereocenters. The molecule has 1 spiro atoms. The largest absolute Gasteiger partial charge is 0.438 e. The second-order valence-corrected chi connectivity index (χ2v) is 11.7. The molecule has 2 aliphatic heterocycles. The summed E-state index contributed by atoms with van der Waals surface area (Å²) >= 11 is 0. The zero-order valence-electron chi connectivity index (χ0n) is 24.4. The summed E-state index contributed by atoms with van der Waals surface area (Å²) in [5, 5.41) is 11.7. The Morgan fingerprint density at radius 3 is 2.60 bits per heavy atom. The Morgan fingerprint density at radius 1 is 1.07 bits per heavy atom. The van der Waals surface area contributed by atoms with Gasteiger partial charge in [0.05, 0.1) is 25.1 Å². The molecule has 1 N–H and O–H groups in total. The van der Waals surface area contributed by atoms with Crippen molar-refractivity contribution in [1.82, 2.24) is 29.3 Å². The molecule has 1 aromatic carbocycles. The number of hydrogen-bond donors (Lipinski definition) is 1. The lowest BCUT2D eigenvalue weighted by atomic mass is 9.77. The van der Waals surface area contributed by atoms with E-state index in [2.05, 4.69) is 25.4 Å². The molecule has 5 heterocycles. The number of imidazole rings is 1. The van der Waals surface area contributed by atoms with E-state index in [-0.39, 0.29) is 18.1 Å². The molecule has 220 valence electrons. The van der Waals surface area contributed by atoms with Gasteiger partial charge in [-0.2, -0.15) is 5.10 Å². The van der Waals surface area contributed by atoms with Crippen molar-refractivity contribution < 1.29 is 19.1 Å². The van der Waals surface area contributed by atoms with Gasteiger partial charge in [-0.25, -0.2) is 9.50 Å². The smallest absolute Gasteiger partial charge is 0.237 e. The number of amides is 1. The van der Waals surface area contributed by atoms with Gasteiger partial charge in [0.15, 0.2) is 17.2 Å². The summed E-state index contributed by atoms with van der Waals surface area (Å²) in [6.07, 6.45) is 5.56. The first-order valence-electron chi connectivity index (χ1n) is 14.5. The molecule has 1 amide bonds. The minimum atomic E-state index is -0.0567. The average molecular weight is 572 g/mol. The molecule has 2 saturated heterocycles. The summed E-state index contributed by atoms with van der Waals surface area (Å²) in [6.45, 7) is 8.76. The number of nitrogens with zero attached hydrogens (tertiary/aromatic N) is 6. The minimum absolute atomic E-state index is 0.00483. The van der Waals surface area contributed by atoms with Crippen LogP contribution in [-0.4, -0.2) is 73.8 Å². The maximum Gasteiger partial charge on any atom is 0.237 e. The number of piperidine rings is 1. The summed E-state index contributed by atoms with van der Waals surface area (Å²) in [6, 6.07) is 11.0. The van der Waals surface area contributed by atoms with Gasteiger partial charge in [0.25, 0.3) is 0 Å². The lowest BCUT2D eigenvalue weighted by Gasteiger charge is -2.47. The second kappa shape index (κ2) is 11.7. The van der Waals surface area contributed by atoms with Gasteiger partial charge < -0.3 is 19.7 Å². The zero-order valence-corrected chi connectivity index (χ0v) is 24.4. The highest BCUT2D eigenvalue weighted by Gasteiger charge is 2.40. The third kappa shape index (κ3) is 6.22. The third-order valence-corrected chi connectivity index (χ3v) is 8.36. The van der Waals surface area contributed by atoms with Crippen LogP contribution in [0.2, 0.25) is 0 Å². The quantitative estimate of drug-likeness (QED) is 0.283. The SMILES string of the molecule is Cc1cc(C(=O)Cc2cc(Oc3ccc4nc(NC(=O)CCCN5CCC6(CC5)COC6)cn4n3)ccc2C)n(C)n1. The van der Waals surface area contributed by atoms with Crippen molar-refractivity contribution in [2.45, 2.75) is 46.0 Å². The van der Waals surface area contributed by atoms with E-state index in [1.54, 1.807) is 40.6 Å². The van der Waals surface area contributed by atoms with Crippen molar-refractivity contribution in [2.75, 3.05) is 38.2 Å². The molecule has 42 heavy (non-hydrogen) atoms. The van der Waals surface area contributed by atoms with E-state index in [1.165, 1.54) is 12.8 Å². The first-order chi connectivity index (χ1) is 20.2. The van der Waals surface area contributed by atoms with Crippen LogP contribution in [0.4, 0.5) is 5.82 Å². The molecular weight excluding hydrogens is 534 g/mol. The maximum atomic E-state index is 12.9. The van der Waals surface area contributed by atoms with Crippen LogP contribution in [0.25, 0.3) is 5.65 Å². The van der Waals surface area contributed by atoms with Gasteiger partial charge in [0.1, 0.15) is 11.4 Å². The number of Topliss-reactive ketones (excluding diaryl/α,β-unsaturated/α-hetero) is 1. The van der Waals surface area contributed by atoms with E-state index < -0.39 is 0 Å². The number of benzene rings is 1. The number of aryl methyl sites for hydroxylation is 3. The molecule has 0 radical (unpaired) electrons. The minimum Gasteiger partial charge on any atom is -0.438 e. The lowest BCUT2D eigenvalue weighted by Crippen LogP contribution is -2.50. The fourth-order valence-corrected chi connectivity index (χ4v) is 5.74. The van der Waals surface area contributed by atoms with E-state index in [9.17, 15) is 9.59 Å². The number of ether oxygens (including phenoxy) is 2. The van der Waals surface area contributed by atoms with Crippen LogP contribution in [0, 0.1) is 19.3 Å². The van der Waals surface area contributed by atoms with Gasteiger partial charge in [0.2, 0.25) is 11.8 Å². The number of carbonyl (C=O) groups is 2. The first-order valence-corrected chi connectivity index (χ1v) is 14.5. The van der Waals surface area contributed by atoms with E-state index in [0.717, 1.165) is 56.1 Å². The molecule has 0 atom stereocenters. The highest BCUT2D eigenvalue weighted by Crippen LogP contribution is 2.38. The van der Waals surface area contributed by atoms with Gasteiger partial charge in [-0.3, -0.25) is 14.3 Å². The van der Waals surface area contributed by atoms with Gasteiger partial charge in [-0.05, 0) is 88.1 Å². The number of anilines is 1. The maximum absolute atomic E-state index is 12.9. The number of rotatable bonds is 10. The molecular formula is C31H37N7O4. The van der Waals surface area contributed by atoms with E-state index in [4.69, 9.17) is 9.47 Å². The van der Waals surface area contributed by atoms with E-state index in [1.807, 2.05) is 32.0 Å². The molecule has 11 heteroatoms. The fourth-order valence-electron chi connectivity index (χ4n) is 5.74. The third-order valence-electron chi connectivity index (χ3n) is 8.36. The number of fused-ring (bicyclic) bond motifs is 1. The predicted octanol–water partition coefficient (Wildman–Crippen LogP) is 4.13. The second-order valence-electron chi connectivity index (χ2n) is 11.7. The van der Waals surface area contributed by atoms with E-state index in [0.29, 0.717) is 40.6 Å². The number of carbonyl (C=O) groups excluding carboxylic acids is 2. The number of nitrogens with one attached hydrogen (secondary N) is 1. The van der Waals surface area contributed by atoms with Crippen LogP contribution in [0.5, 0.6) is 11.6 Å². The molecule has 3 aromatic heterocycles. The van der Waals surface area contributed by atoms with Crippen LogP contribution >= 0.6 is 0 Å². The van der Waals surface area contributed by atoms with E-state index >= 15 is 0 Å². The van der Waals surface area contributed by atoms with Crippen molar-refractivity contribution in [3.8, 4) is 11.6 Å². The molecule has 2 aliphatic rings. The van der Waals surface area contributed by atoms with Gasteiger partial charge in [0, 0.05) is 31.4 Å². The van der Waals surface area contributed by atoms with Crippen LogP contribution in [0.3, 0.4) is 0 Å². The summed E-state index contributed by atoms with van der Waals surface area (Å²) in [5.41, 5.74) is 4.29. The Bertz CT molecular complexity index is 1610. The molecule has 2 fully saturated rings.